The Bertz CT molecular complexity index is 473. The zero-order valence-corrected chi connectivity index (χ0v) is 14.7. The molecule has 5 nitrogen and oxygen atoms in total. The van der Waals surface area contributed by atoms with Gasteiger partial charge < -0.3 is 10.6 Å². The molecule has 0 bridgehead atoms. The topological polar surface area (TPSA) is 66.6 Å². The van der Waals surface area contributed by atoms with E-state index in [2.05, 4.69) is 30.9 Å². The van der Waals surface area contributed by atoms with Crippen molar-refractivity contribution < 1.29 is 8.42 Å². The Morgan fingerprint density at radius 2 is 1.76 bits per heavy atom. The van der Waals surface area contributed by atoms with Gasteiger partial charge in [0.1, 0.15) is 0 Å². The zero-order chi connectivity index (χ0) is 15.9. The second kappa shape index (κ2) is 5.80. The van der Waals surface area contributed by atoms with E-state index in [1.54, 1.807) is 0 Å². The van der Waals surface area contributed by atoms with Gasteiger partial charge in [0.15, 0.2) is 9.84 Å². The van der Waals surface area contributed by atoms with Gasteiger partial charge in [-0.25, -0.2) is 8.42 Å². The first-order chi connectivity index (χ1) is 9.68. The molecule has 0 spiro atoms. The van der Waals surface area contributed by atoms with Crippen molar-refractivity contribution in [2.75, 3.05) is 40.5 Å². The second-order valence-corrected chi connectivity index (χ2v) is 9.57. The summed E-state index contributed by atoms with van der Waals surface area (Å²) in [6.45, 7) is 1.33. The molecule has 2 fully saturated rings. The maximum atomic E-state index is 12.2. The maximum absolute atomic E-state index is 12.2. The van der Waals surface area contributed by atoms with E-state index in [0.717, 1.165) is 25.8 Å². The maximum Gasteiger partial charge on any atom is 0.152 e. The van der Waals surface area contributed by atoms with Crippen LogP contribution in [0.25, 0.3) is 0 Å². The summed E-state index contributed by atoms with van der Waals surface area (Å²) in [5, 5.41) is -0.320. The number of hydrogen-bond donors (Lipinski definition) is 1. The molecule has 0 amide bonds. The SMILES string of the molecule is CN(C)C1(CN(C)C2(CN)CCCC2S(C)(=O)=O)CCC1. The Hall–Kier alpha value is -0.170. The fraction of sp³-hybridized carbons (Fsp3) is 1.00. The van der Waals surface area contributed by atoms with E-state index in [9.17, 15) is 8.42 Å². The molecule has 2 aliphatic rings. The number of nitrogens with zero attached hydrogens (tertiary/aromatic N) is 2. The van der Waals surface area contributed by atoms with E-state index < -0.39 is 9.84 Å². The van der Waals surface area contributed by atoms with Crippen LogP contribution in [0.2, 0.25) is 0 Å². The van der Waals surface area contributed by atoms with Crippen molar-refractivity contribution in [1.82, 2.24) is 9.80 Å². The molecule has 6 heteroatoms. The molecule has 0 heterocycles. The second-order valence-electron chi connectivity index (χ2n) is 7.35. The predicted molar refractivity (Wildman–Crippen MR) is 87.2 cm³/mol. The predicted octanol–water partition coefficient (Wildman–Crippen LogP) is 0.697. The average molecular weight is 317 g/mol. The largest absolute Gasteiger partial charge is 0.329 e. The third-order valence-electron chi connectivity index (χ3n) is 6.07. The minimum atomic E-state index is -3.07. The van der Waals surface area contributed by atoms with Crippen LogP contribution in [0.4, 0.5) is 0 Å². The molecule has 2 N–H and O–H groups in total. The molecule has 0 aromatic heterocycles. The van der Waals surface area contributed by atoms with Gasteiger partial charge in [-0.05, 0) is 53.2 Å². The standard InChI is InChI=1S/C15H31N3O2S/c1-17(2)14(8-6-9-14)12-18(3)15(11-16)10-5-7-13(15)21(4,19)20/h13H,5-12,16H2,1-4H3. The molecule has 2 rings (SSSR count). The minimum absolute atomic E-state index is 0.196. The van der Waals surface area contributed by atoms with Crippen molar-refractivity contribution in [3.8, 4) is 0 Å². The molecule has 0 radical (unpaired) electrons. The lowest BCUT2D eigenvalue weighted by atomic mass is 9.74. The Morgan fingerprint density at radius 1 is 1.14 bits per heavy atom. The highest BCUT2D eigenvalue weighted by atomic mass is 32.2. The molecular formula is C15H31N3O2S. The van der Waals surface area contributed by atoms with Gasteiger partial charge in [-0.15, -0.1) is 0 Å². The van der Waals surface area contributed by atoms with E-state index in [1.165, 1.54) is 25.5 Å². The normalized spacial score (nSPS) is 32.6. The van der Waals surface area contributed by atoms with Gasteiger partial charge in [-0.1, -0.05) is 6.42 Å². The zero-order valence-electron chi connectivity index (χ0n) is 13.9. The van der Waals surface area contributed by atoms with E-state index >= 15 is 0 Å². The Labute approximate surface area is 129 Å². The van der Waals surface area contributed by atoms with Crippen LogP contribution in [-0.2, 0) is 9.84 Å². The molecule has 0 aliphatic heterocycles. The molecule has 2 saturated carbocycles. The van der Waals surface area contributed by atoms with Crippen LogP contribution in [0.1, 0.15) is 38.5 Å². The van der Waals surface area contributed by atoms with Crippen molar-refractivity contribution in [2.24, 2.45) is 5.73 Å². The van der Waals surface area contributed by atoms with Crippen LogP contribution in [0.3, 0.4) is 0 Å². The first-order valence-electron chi connectivity index (χ1n) is 7.96. The van der Waals surface area contributed by atoms with E-state index in [4.69, 9.17) is 5.73 Å². The van der Waals surface area contributed by atoms with Gasteiger partial charge in [0.25, 0.3) is 0 Å². The molecule has 2 atom stereocenters. The lowest BCUT2D eigenvalue weighted by Crippen LogP contribution is -2.65. The fourth-order valence-corrected chi connectivity index (χ4v) is 6.18. The summed E-state index contributed by atoms with van der Waals surface area (Å²) in [6, 6.07) is 0. The average Bonchev–Trinajstić information content (AvgIpc) is 2.77. The highest BCUT2D eigenvalue weighted by Crippen LogP contribution is 2.42. The first kappa shape index (κ1) is 17.2. The number of nitrogens with two attached hydrogens (primary N) is 1. The highest BCUT2D eigenvalue weighted by molar-refractivity contribution is 7.91. The monoisotopic (exact) mass is 317 g/mol. The van der Waals surface area contributed by atoms with E-state index in [0.29, 0.717) is 6.54 Å². The van der Waals surface area contributed by atoms with Gasteiger partial charge in [-0.3, -0.25) is 4.90 Å². The van der Waals surface area contributed by atoms with Crippen LogP contribution in [0, 0.1) is 0 Å². The number of hydrogen-bond acceptors (Lipinski definition) is 5. The third-order valence-corrected chi connectivity index (χ3v) is 7.78. The number of rotatable bonds is 6. The van der Waals surface area contributed by atoms with Crippen LogP contribution in [0.15, 0.2) is 0 Å². The molecule has 0 saturated heterocycles. The van der Waals surface area contributed by atoms with Crippen molar-refractivity contribution in [3.63, 3.8) is 0 Å². The minimum Gasteiger partial charge on any atom is -0.329 e. The van der Waals surface area contributed by atoms with Gasteiger partial charge in [-0.2, -0.15) is 0 Å². The van der Waals surface area contributed by atoms with Gasteiger partial charge in [0, 0.05) is 30.4 Å². The molecule has 2 unspecified atom stereocenters. The molecule has 0 aromatic carbocycles. The lowest BCUT2D eigenvalue weighted by molar-refractivity contribution is -0.00533. The Kier molecular flexibility index (Phi) is 4.74. The molecule has 2 aliphatic carbocycles. The highest BCUT2D eigenvalue weighted by Gasteiger charge is 2.52. The van der Waals surface area contributed by atoms with Crippen LogP contribution >= 0.6 is 0 Å². The van der Waals surface area contributed by atoms with Crippen molar-refractivity contribution >= 4 is 9.84 Å². The van der Waals surface area contributed by atoms with Crippen LogP contribution < -0.4 is 5.73 Å². The van der Waals surface area contributed by atoms with Gasteiger partial charge in [0.2, 0.25) is 0 Å². The summed E-state index contributed by atoms with van der Waals surface area (Å²) in [4.78, 5) is 4.58. The fourth-order valence-electron chi connectivity index (χ4n) is 4.39. The van der Waals surface area contributed by atoms with Crippen molar-refractivity contribution in [2.45, 2.75) is 54.9 Å². The first-order valence-corrected chi connectivity index (χ1v) is 9.91. The number of sulfone groups is 1. The van der Waals surface area contributed by atoms with Crippen LogP contribution in [0.5, 0.6) is 0 Å². The van der Waals surface area contributed by atoms with Crippen LogP contribution in [-0.4, -0.2) is 75.0 Å². The summed E-state index contributed by atoms with van der Waals surface area (Å²) in [7, 11) is 3.26. The Balaban J connectivity index is 2.24. The van der Waals surface area contributed by atoms with Gasteiger partial charge >= 0.3 is 0 Å². The summed E-state index contributed by atoms with van der Waals surface area (Å²) < 4.78 is 24.4. The van der Waals surface area contributed by atoms with E-state index in [-0.39, 0.29) is 16.3 Å². The summed E-state index contributed by atoms with van der Waals surface area (Å²) >= 11 is 0. The third kappa shape index (κ3) is 2.87. The molecule has 0 aromatic rings. The number of likely N-dealkylation sites (N-methyl/N-ethyl adjacent to an activating group) is 2. The van der Waals surface area contributed by atoms with Crippen molar-refractivity contribution in [1.29, 1.82) is 0 Å². The molecular weight excluding hydrogens is 286 g/mol. The smallest absolute Gasteiger partial charge is 0.152 e. The summed E-state index contributed by atoms with van der Waals surface area (Å²) in [6.07, 6.45) is 7.59. The van der Waals surface area contributed by atoms with Gasteiger partial charge in [0.05, 0.1) is 5.25 Å². The van der Waals surface area contributed by atoms with E-state index in [1.807, 2.05) is 0 Å². The Morgan fingerprint density at radius 3 is 2.14 bits per heavy atom. The van der Waals surface area contributed by atoms with Crippen molar-refractivity contribution in [3.05, 3.63) is 0 Å². The lowest BCUT2D eigenvalue weighted by Gasteiger charge is -2.53. The summed E-state index contributed by atoms with van der Waals surface area (Å²) in [5.74, 6) is 0. The molecule has 124 valence electrons. The summed E-state index contributed by atoms with van der Waals surface area (Å²) in [5.41, 5.74) is 5.90. The molecule has 21 heavy (non-hydrogen) atoms. The quantitative estimate of drug-likeness (QED) is 0.781.